The number of nitrogens with zero attached hydrogens (tertiary/aromatic N) is 1. The number of rotatable bonds is 3. The highest BCUT2D eigenvalue weighted by Crippen LogP contribution is 2.19. The lowest BCUT2D eigenvalue weighted by Crippen LogP contribution is -2.49. The van der Waals surface area contributed by atoms with Gasteiger partial charge in [-0.1, -0.05) is 6.07 Å². The van der Waals surface area contributed by atoms with E-state index in [-0.39, 0.29) is 5.56 Å². The summed E-state index contributed by atoms with van der Waals surface area (Å²) in [7, 11) is 0. The number of benzene rings is 1. The number of hydrogen-bond donors (Lipinski definition) is 3. The van der Waals surface area contributed by atoms with Gasteiger partial charge in [-0.15, -0.1) is 0 Å². The summed E-state index contributed by atoms with van der Waals surface area (Å²) in [5.41, 5.74) is 5.87. The molecule has 0 spiro atoms. The maximum atomic E-state index is 12.2. The van der Waals surface area contributed by atoms with E-state index in [0.29, 0.717) is 18.7 Å². The number of urea groups is 1. The topological polar surface area (TPSA) is 113 Å². The van der Waals surface area contributed by atoms with E-state index in [1.165, 1.54) is 11.0 Å². The van der Waals surface area contributed by atoms with Crippen molar-refractivity contribution in [2.24, 2.45) is 5.73 Å². The van der Waals surface area contributed by atoms with Crippen molar-refractivity contribution in [1.82, 2.24) is 4.90 Å². The smallest absolute Gasteiger partial charge is 0.326 e. The third kappa shape index (κ3) is 3.50. The second-order valence-corrected chi connectivity index (χ2v) is 4.92. The zero-order valence-corrected chi connectivity index (χ0v) is 11.4. The van der Waals surface area contributed by atoms with Crippen molar-refractivity contribution < 1.29 is 19.5 Å². The molecule has 0 radical (unpaired) electrons. The number of aliphatic carboxylic acids is 1. The molecule has 112 valence electrons. The molecule has 0 aromatic heterocycles. The number of carboxylic acid groups (broad SMARTS) is 1. The van der Waals surface area contributed by atoms with Crippen LogP contribution in [0.4, 0.5) is 10.5 Å². The highest BCUT2D eigenvalue weighted by atomic mass is 16.4. The molecule has 21 heavy (non-hydrogen) atoms. The molecule has 1 aliphatic heterocycles. The Bertz CT molecular complexity index is 573. The number of anilines is 1. The van der Waals surface area contributed by atoms with E-state index in [9.17, 15) is 14.4 Å². The van der Waals surface area contributed by atoms with Gasteiger partial charge in [-0.25, -0.2) is 9.59 Å². The molecule has 1 heterocycles. The minimum absolute atomic E-state index is 0.279. The van der Waals surface area contributed by atoms with Crippen LogP contribution >= 0.6 is 0 Å². The largest absolute Gasteiger partial charge is 0.480 e. The van der Waals surface area contributed by atoms with Crippen molar-refractivity contribution >= 4 is 23.6 Å². The van der Waals surface area contributed by atoms with Crippen LogP contribution in [0, 0.1) is 0 Å². The van der Waals surface area contributed by atoms with Crippen molar-refractivity contribution in [1.29, 1.82) is 0 Å². The number of nitrogens with two attached hydrogens (primary N) is 1. The van der Waals surface area contributed by atoms with Crippen LogP contribution in [0.3, 0.4) is 0 Å². The predicted molar refractivity (Wildman–Crippen MR) is 76.0 cm³/mol. The highest BCUT2D eigenvalue weighted by molar-refractivity contribution is 5.96. The van der Waals surface area contributed by atoms with E-state index in [0.717, 1.165) is 12.8 Å². The number of piperidine rings is 1. The predicted octanol–water partition coefficient (Wildman–Crippen LogP) is 1.26. The Morgan fingerprint density at radius 3 is 2.71 bits per heavy atom. The van der Waals surface area contributed by atoms with Crippen molar-refractivity contribution in [2.45, 2.75) is 25.3 Å². The van der Waals surface area contributed by atoms with Crippen LogP contribution in [-0.2, 0) is 4.79 Å². The Morgan fingerprint density at radius 2 is 2.05 bits per heavy atom. The zero-order valence-electron chi connectivity index (χ0n) is 11.4. The van der Waals surface area contributed by atoms with Crippen LogP contribution in [-0.4, -0.2) is 40.5 Å². The summed E-state index contributed by atoms with van der Waals surface area (Å²) in [5, 5.41) is 11.8. The zero-order chi connectivity index (χ0) is 15.4. The number of primary amides is 1. The van der Waals surface area contributed by atoms with Crippen LogP contribution < -0.4 is 11.1 Å². The molecule has 0 aliphatic carbocycles. The molecule has 3 amide bonds. The minimum atomic E-state index is -1.00. The second kappa shape index (κ2) is 6.25. The van der Waals surface area contributed by atoms with Gasteiger partial charge in [-0.2, -0.15) is 0 Å². The van der Waals surface area contributed by atoms with Gasteiger partial charge in [-0.3, -0.25) is 4.79 Å². The maximum Gasteiger partial charge on any atom is 0.326 e. The van der Waals surface area contributed by atoms with Gasteiger partial charge in [0.2, 0.25) is 5.91 Å². The molecule has 1 unspecified atom stereocenters. The number of likely N-dealkylation sites (tertiary alicyclic amines) is 1. The van der Waals surface area contributed by atoms with E-state index in [2.05, 4.69) is 5.32 Å². The van der Waals surface area contributed by atoms with E-state index < -0.39 is 23.9 Å². The molecule has 1 atom stereocenters. The maximum absolute atomic E-state index is 12.2. The number of carbonyl (C=O) groups is 3. The normalized spacial score (nSPS) is 18.1. The molecule has 1 fully saturated rings. The number of carboxylic acids is 1. The van der Waals surface area contributed by atoms with Crippen molar-refractivity contribution in [3.8, 4) is 0 Å². The van der Waals surface area contributed by atoms with Crippen molar-refractivity contribution in [2.75, 3.05) is 11.9 Å². The Balaban J connectivity index is 2.11. The minimum Gasteiger partial charge on any atom is -0.480 e. The molecule has 0 bridgehead atoms. The number of hydrogen-bond acceptors (Lipinski definition) is 3. The fourth-order valence-corrected chi connectivity index (χ4v) is 2.38. The Morgan fingerprint density at radius 1 is 1.29 bits per heavy atom. The van der Waals surface area contributed by atoms with Crippen LogP contribution in [0.15, 0.2) is 24.3 Å². The standard InChI is InChI=1S/C14H17N3O4/c15-12(18)9-4-3-5-10(8-9)16-14(21)17-7-2-1-6-11(17)13(19)20/h3-5,8,11H,1-2,6-7H2,(H2,15,18)(H,16,21)(H,19,20). The van der Waals surface area contributed by atoms with Gasteiger partial charge in [0, 0.05) is 17.8 Å². The summed E-state index contributed by atoms with van der Waals surface area (Å²) < 4.78 is 0. The average Bonchev–Trinajstić information content (AvgIpc) is 2.47. The summed E-state index contributed by atoms with van der Waals surface area (Å²) in [6.45, 7) is 0.401. The average molecular weight is 291 g/mol. The molecule has 1 saturated heterocycles. The van der Waals surface area contributed by atoms with E-state index in [1.807, 2.05) is 0 Å². The molecular formula is C14H17N3O4. The first-order chi connectivity index (χ1) is 9.99. The fraction of sp³-hybridized carbons (Fsp3) is 0.357. The molecule has 1 aromatic carbocycles. The summed E-state index contributed by atoms with van der Waals surface area (Å²) in [4.78, 5) is 35.8. The quantitative estimate of drug-likeness (QED) is 0.778. The molecule has 4 N–H and O–H groups in total. The monoisotopic (exact) mass is 291 g/mol. The van der Waals surface area contributed by atoms with Crippen molar-refractivity contribution in [3.63, 3.8) is 0 Å². The van der Waals surface area contributed by atoms with Crippen LogP contribution in [0.25, 0.3) is 0 Å². The van der Waals surface area contributed by atoms with Gasteiger partial charge >= 0.3 is 12.0 Å². The lowest BCUT2D eigenvalue weighted by molar-refractivity contribution is -0.143. The third-order valence-electron chi connectivity index (χ3n) is 3.45. The summed E-state index contributed by atoms with van der Waals surface area (Å²) in [5.74, 6) is -1.59. The number of amides is 3. The summed E-state index contributed by atoms with van der Waals surface area (Å²) in [6.07, 6.45) is 2.01. The van der Waals surface area contributed by atoms with Crippen LogP contribution in [0.1, 0.15) is 29.6 Å². The third-order valence-corrected chi connectivity index (χ3v) is 3.45. The number of nitrogens with one attached hydrogen (secondary N) is 1. The van der Waals surface area contributed by atoms with Gasteiger partial charge in [-0.05, 0) is 37.5 Å². The Kier molecular flexibility index (Phi) is 4.42. The van der Waals surface area contributed by atoms with Gasteiger partial charge in [0.15, 0.2) is 0 Å². The molecular weight excluding hydrogens is 274 g/mol. The second-order valence-electron chi connectivity index (χ2n) is 4.92. The fourth-order valence-electron chi connectivity index (χ4n) is 2.38. The van der Waals surface area contributed by atoms with Gasteiger partial charge in [0.05, 0.1) is 0 Å². The highest BCUT2D eigenvalue weighted by Gasteiger charge is 2.31. The number of carbonyl (C=O) groups excluding carboxylic acids is 2. The van der Waals surface area contributed by atoms with E-state index >= 15 is 0 Å². The Hall–Kier alpha value is -2.57. The summed E-state index contributed by atoms with van der Waals surface area (Å²) in [6, 6.07) is 4.92. The summed E-state index contributed by atoms with van der Waals surface area (Å²) >= 11 is 0. The Labute approximate surface area is 121 Å². The molecule has 1 aliphatic rings. The van der Waals surface area contributed by atoms with Crippen LogP contribution in [0.2, 0.25) is 0 Å². The first-order valence-electron chi connectivity index (χ1n) is 6.69. The van der Waals surface area contributed by atoms with Crippen molar-refractivity contribution in [3.05, 3.63) is 29.8 Å². The molecule has 0 saturated carbocycles. The first kappa shape index (κ1) is 14.8. The molecule has 2 rings (SSSR count). The van der Waals surface area contributed by atoms with Crippen LogP contribution in [0.5, 0.6) is 0 Å². The molecule has 7 nitrogen and oxygen atoms in total. The first-order valence-corrected chi connectivity index (χ1v) is 6.69. The van der Waals surface area contributed by atoms with Gasteiger partial charge < -0.3 is 21.1 Å². The van der Waals surface area contributed by atoms with E-state index in [1.54, 1.807) is 18.2 Å². The SMILES string of the molecule is NC(=O)c1cccc(NC(=O)N2CCCCC2C(=O)O)c1. The van der Waals surface area contributed by atoms with Gasteiger partial charge in [0.25, 0.3) is 0 Å². The lowest BCUT2D eigenvalue weighted by atomic mass is 10.0. The van der Waals surface area contributed by atoms with E-state index in [4.69, 9.17) is 10.8 Å². The molecule has 7 heteroatoms. The molecule has 1 aromatic rings. The van der Waals surface area contributed by atoms with Gasteiger partial charge in [0.1, 0.15) is 6.04 Å². The lowest BCUT2D eigenvalue weighted by Gasteiger charge is -2.32.